The number of hydrogen-bond donors (Lipinski definition) is 2. The lowest BCUT2D eigenvalue weighted by Gasteiger charge is -2.14. The summed E-state index contributed by atoms with van der Waals surface area (Å²) in [5.41, 5.74) is 1.21. The third-order valence-corrected chi connectivity index (χ3v) is 5.66. The van der Waals surface area contributed by atoms with Gasteiger partial charge < -0.3 is 10.1 Å². The van der Waals surface area contributed by atoms with E-state index in [9.17, 15) is 13.2 Å². The number of aryl methyl sites for hydroxylation is 1. The minimum atomic E-state index is -3.87. The Bertz CT molecular complexity index is 895. The minimum Gasteiger partial charge on any atom is -0.495 e. The average Bonchev–Trinajstić information content (AvgIpc) is 2.65. The van der Waals surface area contributed by atoms with E-state index in [0.717, 1.165) is 19.3 Å². The van der Waals surface area contributed by atoms with Crippen molar-refractivity contribution in [3.05, 3.63) is 53.6 Å². The number of ether oxygens (including phenoxy) is 1. The molecular weight excluding hydrogens is 364 g/mol. The Morgan fingerprint density at radius 1 is 1.11 bits per heavy atom. The largest absolute Gasteiger partial charge is 0.495 e. The number of anilines is 1. The van der Waals surface area contributed by atoms with Crippen molar-refractivity contribution in [2.45, 2.75) is 38.0 Å². The predicted molar refractivity (Wildman–Crippen MR) is 107 cm³/mol. The lowest BCUT2D eigenvalue weighted by Crippen LogP contribution is -2.25. The number of amides is 1. The fraction of sp³-hybridized carbons (Fsp3) is 0.350. The summed E-state index contributed by atoms with van der Waals surface area (Å²) in [7, 11) is -2.40. The summed E-state index contributed by atoms with van der Waals surface area (Å²) in [6.07, 6.45) is 3.00. The van der Waals surface area contributed by atoms with Crippen LogP contribution in [0.5, 0.6) is 5.75 Å². The lowest BCUT2D eigenvalue weighted by atomic mass is 10.1. The van der Waals surface area contributed by atoms with Gasteiger partial charge in [-0.15, -0.1) is 0 Å². The first kappa shape index (κ1) is 20.8. The number of carbonyl (C=O) groups excluding carboxylic acids is 1. The normalized spacial score (nSPS) is 11.1. The highest BCUT2D eigenvalue weighted by Crippen LogP contribution is 2.27. The van der Waals surface area contributed by atoms with Crippen LogP contribution in [0.4, 0.5) is 5.69 Å². The molecular formula is C20H26N2O4S. The fourth-order valence-electron chi connectivity index (χ4n) is 2.64. The average molecular weight is 391 g/mol. The van der Waals surface area contributed by atoms with Crippen molar-refractivity contribution >= 4 is 21.6 Å². The first-order chi connectivity index (χ1) is 12.9. The number of methoxy groups -OCH3 is 1. The first-order valence-electron chi connectivity index (χ1n) is 8.93. The molecule has 0 aliphatic heterocycles. The molecule has 146 valence electrons. The highest BCUT2D eigenvalue weighted by atomic mass is 32.2. The number of hydrogen-bond acceptors (Lipinski definition) is 4. The zero-order chi connectivity index (χ0) is 19.9. The Labute approximate surface area is 161 Å². The molecule has 0 fully saturated rings. The monoisotopic (exact) mass is 390 g/mol. The van der Waals surface area contributed by atoms with Crippen molar-refractivity contribution in [2.24, 2.45) is 0 Å². The summed E-state index contributed by atoms with van der Waals surface area (Å²) in [6.45, 7) is 4.36. The molecule has 0 heterocycles. The molecule has 0 atom stereocenters. The number of benzene rings is 2. The smallest absolute Gasteiger partial charge is 0.262 e. The maximum absolute atomic E-state index is 12.9. The molecule has 2 aromatic rings. The quantitative estimate of drug-likeness (QED) is 0.639. The van der Waals surface area contributed by atoms with E-state index >= 15 is 0 Å². The summed E-state index contributed by atoms with van der Waals surface area (Å²) >= 11 is 0. The van der Waals surface area contributed by atoms with Gasteiger partial charge in [-0.2, -0.15) is 0 Å². The Morgan fingerprint density at radius 3 is 2.56 bits per heavy atom. The van der Waals surface area contributed by atoms with Crippen molar-refractivity contribution in [3.63, 3.8) is 0 Å². The zero-order valence-corrected chi connectivity index (χ0v) is 16.7. The number of rotatable bonds is 9. The van der Waals surface area contributed by atoms with Gasteiger partial charge in [0.25, 0.3) is 15.9 Å². The Kier molecular flexibility index (Phi) is 7.24. The molecule has 27 heavy (non-hydrogen) atoms. The van der Waals surface area contributed by atoms with E-state index in [-0.39, 0.29) is 10.8 Å². The van der Waals surface area contributed by atoms with Crippen LogP contribution in [0.1, 0.15) is 42.1 Å². The number of para-hydroxylation sites is 2. The summed E-state index contributed by atoms with van der Waals surface area (Å²) in [4.78, 5) is 12.4. The van der Waals surface area contributed by atoms with Crippen LogP contribution in [-0.4, -0.2) is 28.0 Å². The second kappa shape index (κ2) is 9.41. The topological polar surface area (TPSA) is 84.5 Å². The van der Waals surface area contributed by atoms with E-state index in [4.69, 9.17) is 4.74 Å². The molecule has 1 amide bonds. The Hall–Kier alpha value is -2.54. The minimum absolute atomic E-state index is 0.0645. The van der Waals surface area contributed by atoms with Gasteiger partial charge in [0.1, 0.15) is 5.75 Å². The summed E-state index contributed by atoms with van der Waals surface area (Å²) in [6, 6.07) is 11.4. The van der Waals surface area contributed by atoms with E-state index in [1.807, 2.05) is 0 Å². The highest BCUT2D eigenvalue weighted by Gasteiger charge is 2.20. The molecule has 0 saturated heterocycles. The predicted octanol–water partition coefficient (Wildman–Crippen LogP) is 3.72. The van der Waals surface area contributed by atoms with Gasteiger partial charge in [0.05, 0.1) is 17.7 Å². The van der Waals surface area contributed by atoms with Crippen LogP contribution in [0, 0.1) is 6.92 Å². The van der Waals surface area contributed by atoms with E-state index in [1.165, 1.54) is 13.2 Å². The summed E-state index contributed by atoms with van der Waals surface area (Å²) < 4.78 is 33.5. The molecule has 0 bridgehead atoms. The molecule has 0 aromatic heterocycles. The number of carbonyl (C=O) groups is 1. The number of sulfonamides is 1. The van der Waals surface area contributed by atoms with Gasteiger partial charge in [-0.05, 0) is 43.2 Å². The van der Waals surface area contributed by atoms with Gasteiger partial charge in [0.15, 0.2) is 0 Å². The van der Waals surface area contributed by atoms with E-state index in [0.29, 0.717) is 29.1 Å². The first-order valence-corrected chi connectivity index (χ1v) is 10.4. The second-order valence-electron chi connectivity index (χ2n) is 6.25. The highest BCUT2D eigenvalue weighted by molar-refractivity contribution is 7.92. The van der Waals surface area contributed by atoms with Gasteiger partial charge in [-0.25, -0.2) is 8.42 Å². The van der Waals surface area contributed by atoms with Crippen LogP contribution in [0.2, 0.25) is 0 Å². The van der Waals surface area contributed by atoms with Crippen molar-refractivity contribution < 1.29 is 17.9 Å². The maximum atomic E-state index is 12.9. The van der Waals surface area contributed by atoms with Crippen molar-refractivity contribution in [1.29, 1.82) is 0 Å². The third kappa shape index (κ3) is 5.47. The van der Waals surface area contributed by atoms with Gasteiger partial charge >= 0.3 is 0 Å². The summed E-state index contributed by atoms with van der Waals surface area (Å²) in [5, 5.41) is 2.83. The molecule has 0 radical (unpaired) electrons. The van der Waals surface area contributed by atoms with Crippen LogP contribution in [0.25, 0.3) is 0 Å². The van der Waals surface area contributed by atoms with Crippen LogP contribution < -0.4 is 14.8 Å². The van der Waals surface area contributed by atoms with Gasteiger partial charge in [-0.1, -0.05) is 38.0 Å². The van der Waals surface area contributed by atoms with Crippen molar-refractivity contribution in [3.8, 4) is 5.75 Å². The number of nitrogens with one attached hydrogen (secondary N) is 2. The van der Waals surface area contributed by atoms with E-state index < -0.39 is 10.0 Å². The van der Waals surface area contributed by atoms with Crippen LogP contribution in [-0.2, 0) is 10.0 Å². The number of unbranched alkanes of at least 4 members (excludes halogenated alkanes) is 2. The molecule has 7 heteroatoms. The Balaban J connectivity index is 2.24. The summed E-state index contributed by atoms with van der Waals surface area (Å²) in [5.74, 6) is 0.142. The van der Waals surface area contributed by atoms with Crippen molar-refractivity contribution in [1.82, 2.24) is 5.32 Å². The van der Waals surface area contributed by atoms with E-state index in [1.54, 1.807) is 43.3 Å². The second-order valence-corrected chi connectivity index (χ2v) is 7.90. The third-order valence-electron chi connectivity index (χ3n) is 4.16. The molecule has 2 rings (SSSR count). The van der Waals surface area contributed by atoms with Gasteiger partial charge in [-0.3, -0.25) is 9.52 Å². The zero-order valence-electron chi connectivity index (χ0n) is 15.9. The molecule has 0 aliphatic carbocycles. The molecule has 0 unspecified atom stereocenters. The Morgan fingerprint density at radius 2 is 1.85 bits per heavy atom. The molecule has 2 N–H and O–H groups in total. The molecule has 2 aromatic carbocycles. The van der Waals surface area contributed by atoms with Crippen molar-refractivity contribution in [2.75, 3.05) is 18.4 Å². The fourth-order valence-corrected chi connectivity index (χ4v) is 3.98. The van der Waals surface area contributed by atoms with E-state index in [2.05, 4.69) is 17.0 Å². The standard InChI is InChI=1S/C20H26N2O4S/c1-4-5-8-13-21-20(23)16-12-11-15(2)19(14-16)27(24,25)22-17-9-6-7-10-18(17)26-3/h6-7,9-12,14,22H,4-5,8,13H2,1-3H3,(H,21,23). The SMILES string of the molecule is CCCCCNC(=O)c1ccc(C)c(S(=O)(=O)Nc2ccccc2OC)c1. The van der Waals surface area contributed by atoms with Gasteiger partial charge in [0, 0.05) is 12.1 Å². The van der Waals surface area contributed by atoms with Gasteiger partial charge in [0.2, 0.25) is 0 Å². The molecule has 6 nitrogen and oxygen atoms in total. The molecule has 0 aliphatic rings. The van der Waals surface area contributed by atoms with Crippen LogP contribution in [0.15, 0.2) is 47.4 Å². The van der Waals surface area contributed by atoms with Crippen LogP contribution in [0.3, 0.4) is 0 Å². The van der Waals surface area contributed by atoms with Crippen LogP contribution >= 0.6 is 0 Å². The molecule has 0 spiro atoms. The molecule has 0 saturated carbocycles. The lowest BCUT2D eigenvalue weighted by molar-refractivity contribution is 0.0952. The maximum Gasteiger partial charge on any atom is 0.262 e.